The second-order valence-electron chi connectivity index (χ2n) is 3.91. The van der Waals surface area contributed by atoms with Gasteiger partial charge in [0.2, 0.25) is 0 Å². The summed E-state index contributed by atoms with van der Waals surface area (Å²) in [6.45, 7) is 0. The molecular formula is C13H15NO. The molecule has 15 heavy (non-hydrogen) atoms. The lowest BCUT2D eigenvalue weighted by Crippen LogP contribution is -2.15. The van der Waals surface area contributed by atoms with Crippen molar-refractivity contribution in [3.63, 3.8) is 0 Å². The fourth-order valence-electron chi connectivity index (χ4n) is 1.95. The molecule has 0 heterocycles. The first-order valence-corrected chi connectivity index (χ1v) is 5.36. The Labute approximate surface area is 89.8 Å². The molecule has 0 fully saturated rings. The first-order chi connectivity index (χ1) is 7.29. The van der Waals surface area contributed by atoms with Gasteiger partial charge in [-0.15, -0.1) is 0 Å². The van der Waals surface area contributed by atoms with Crippen molar-refractivity contribution in [1.29, 1.82) is 0 Å². The Morgan fingerprint density at radius 1 is 1.07 bits per heavy atom. The number of Topliss-reactive ketones (excluding diaryl/α,β-unsaturated/α-hetero) is 1. The van der Waals surface area contributed by atoms with Crippen LogP contribution in [0.1, 0.15) is 36.0 Å². The molecule has 2 nitrogen and oxygen atoms in total. The topological polar surface area (TPSA) is 43.1 Å². The fraction of sp³-hybridized carbons (Fsp3) is 0.308. The molecule has 0 unspecified atom stereocenters. The Morgan fingerprint density at radius 2 is 1.73 bits per heavy atom. The van der Waals surface area contributed by atoms with E-state index in [9.17, 15) is 4.79 Å². The van der Waals surface area contributed by atoms with Gasteiger partial charge in [-0.3, -0.25) is 4.79 Å². The van der Waals surface area contributed by atoms with Crippen LogP contribution in [0.4, 0.5) is 0 Å². The number of benzene rings is 1. The average Bonchev–Trinajstić information content (AvgIpc) is 2.30. The number of nitrogens with two attached hydrogens (primary N) is 1. The van der Waals surface area contributed by atoms with Gasteiger partial charge in [0, 0.05) is 16.8 Å². The van der Waals surface area contributed by atoms with E-state index in [2.05, 4.69) is 0 Å². The summed E-state index contributed by atoms with van der Waals surface area (Å²) in [4.78, 5) is 12.1. The quantitative estimate of drug-likeness (QED) is 0.747. The van der Waals surface area contributed by atoms with Crippen molar-refractivity contribution in [2.75, 3.05) is 0 Å². The highest BCUT2D eigenvalue weighted by Gasteiger charge is 2.18. The Hall–Kier alpha value is -1.57. The van der Waals surface area contributed by atoms with Gasteiger partial charge >= 0.3 is 0 Å². The van der Waals surface area contributed by atoms with E-state index in [1.165, 1.54) is 0 Å². The van der Waals surface area contributed by atoms with Gasteiger partial charge in [0.15, 0.2) is 5.78 Å². The summed E-state index contributed by atoms with van der Waals surface area (Å²) in [5, 5.41) is 0. The third kappa shape index (κ3) is 2.09. The van der Waals surface area contributed by atoms with Crippen LogP contribution in [0.2, 0.25) is 0 Å². The summed E-state index contributed by atoms with van der Waals surface area (Å²) in [5.74, 6) is 0.104. The largest absolute Gasteiger partial charge is 0.402 e. The van der Waals surface area contributed by atoms with E-state index in [1.54, 1.807) is 0 Å². The van der Waals surface area contributed by atoms with Crippen molar-refractivity contribution in [1.82, 2.24) is 0 Å². The number of rotatable bonds is 2. The molecule has 0 atom stereocenters. The highest BCUT2D eigenvalue weighted by Crippen LogP contribution is 2.24. The van der Waals surface area contributed by atoms with Gasteiger partial charge in [-0.2, -0.15) is 0 Å². The van der Waals surface area contributed by atoms with E-state index in [0.717, 1.165) is 42.5 Å². The zero-order valence-electron chi connectivity index (χ0n) is 8.70. The van der Waals surface area contributed by atoms with Gasteiger partial charge in [-0.1, -0.05) is 30.3 Å². The molecule has 0 saturated heterocycles. The molecule has 0 saturated carbocycles. The van der Waals surface area contributed by atoms with Crippen LogP contribution < -0.4 is 5.73 Å². The lowest BCUT2D eigenvalue weighted by Gasteiger charge is -2.16. The zero-order chi connectivity index (χ0) is 10.7. The Kier molecular flexibility index (Phi) is 2.86. The Morgan fingerprint density at radius 3 is 2.40 bits per heavy atom. The molecular weight excluding hydrogens is 186 g/mol. The average molecular weight is 201 g/mol. The van der Waals surface area contributed by atoms with Gasteiger partial charge in [0.05, 0.1) is 0 Å². The Balaban J connectivity index is 2.28. The number of ketones is 1. The van der Waals surface area contributed by atoms with E-state index in [-0.39, 0.29) is 5.78 Å². The molecule has 2 heteroatoms. The minimum Gasteiger partial charge on any atom is -0.402 e. The van der Waals surface area contributed by atoms with Crippen molar-refractivity contribution in [3.8, 4) is 0 Å². The molecule has 0 spiro atoms. The van der Waals surface area contributed by atoms with Gasteiger partial charge in [0.1, 0.15) is 0 Å². The smallest absolute Gasteiger partial charge is 0.190 e. The van der Waals surface area contributed by atoms with E-state index >= 15 is 0 Å². The van der Waals surface area contributed by atoms with Crippen LogP contribution >= 0.6 is 0 Å². The molecule has 0 amide bonds. The van der Waals surface area contributed by atoms with Crippen LogP contribution in [0.15, 0.2) is 41.6 Å². The molecule has 0 bridgehead atoms. The number of hydrogen-bond donors (Lipinski definition) is 1. The maximum atomic E-state index is 12.1. The van der Waals surface area contributed by atoms with Gasteiger partial charge in [-0.05, 0) is 25.7 Å². The summed E-state index contributed by atoms with van der Waals surface area (Å²) >= 11 is 0. The minimum atomic E-state index is 0.104. The summed E-state index contributed by atoms with van der Waals surface area (Å²) < 4.78 is 0. The fourth-order valence-corrected chi connectivity index (χ4v) is 1.95. The summed E-state index contributed by atoms with van der Waals surface area (Å²) in [6.07, 6.45) is 3.89. The molecule has 1 aromatic rings. The van der Waals surface area contributed by atoms with Crippen molar-refractivity contribution in [3.05, 3.63) is 47.2 Å². The second kappa shape index (κ2) is 4.30. The first-order valence-electron chi connectivity index (χ1n) is 5.36. The number of carbonyl (C=O) groups is 1. The van der Waals surface area contributed by atoms with Gasteiger partial charge < -0.3 is 5.73 Å². The van der Waals surface area contributed by atoms with Crippen LogP contribution in [0.3, 0.4) is 0 Å². The highest BCUT2D eigenvalue weighted by molar-refractivity contribution is 6.09. The van der Waals surface area contributed by atoms with Crippen molar-refractivity contribution in [2.24, 2.45) is 5.73 Å². The van der Waals surface area contributed by atoms with Gasteiger partial charge in [0.25, 0.3) is 0 Å². The van der Waals surface area contributed by atoms with Crippen molar-refractivity contribution in [2.45, 2.75) is 25.7 Å². The summed E-state index contributed by atoms with van der Waals surface area (Å²) in [7, 11) is 0. The summed E-state index contributed by atoms with van der Waals surface area (Å²) in [5.41, 5.74) is 8.24. The SMILES string of the molecule is NC1=C(C(=O)c2ccccc2)CCCC1. The van der Waals surface area contributed by atoms with Crippen molar-refractivity contribution < 1.29 is 4.79 Å². The Bertz CT molecular complexity index is 392. The minimum absolute atomic E-state index is 0.104. The van der Waals surface area contributed by atoms with E-state index < -0.39 is 0 Å². The predicted molar refractivity (Wildman–Crippen MR) is 60.5 cm³/mol. The molecule has 2 N–H and O–H groups in total. The third-order valence-electron chi connectivity index (χ3n) is 2.82. The molecule has 78 valence electrons. The van der Waals surface area contributed by atoms with E-state index in [1.807, 2.05) is 30.3 Å². The first kappa shape index (κ1) is 9.97. The molecule has 2 rings (SSSR count). The van der Waals surface area contributed by atoms with Gasteiger partial charge in [-0.25, -0.2) is 0 Å². The molecule has 0 aromatic heterocycles. The molecule has 1 aliphatic carbocycles. The molecule has 0 aliphatic heterocycles. The maximum absolute atomic E-state index is 12.1. The lowest BCUT2D eigenvalue weighted by molar-refractivity contribution is 0.102. The zero-order valence-corrected chi connectivity index (χ0v) is 8.70. The van der Waals surface area contributed by atoms with Crippen LogP contribution in [0, 0.1) is 0 Å². The standard InChI is InChI=1S/C13H15NO/c14-12-9-5-4-8-11(12)13(15)10-6-2-1-3-7-10/h1-3,6-7H,4-5,8-9,14H2. The van der Waals surface area contributed by atoms with Crippen LogP contribution in [0.25, 0.3) is 0 Å². The van der Waals surface area contributed by atoms with E-state index in [0.29, 0.717) is 0 Å². The number of allylic oxidation sites excluding steroid dienone is 2. The van der Waals surface area contributed by atoms with Crippen LogP contribution in [-0.4, -0.2) is 5.78 Å². The van der Waals surface area contributed by atoms with Crippen molar-refractivity contribution >= 4 is 5.78 Å². The molecule has 1 aromatic carbocycles. The summed E-state index contributed by atoms with van der Waals surface area (Å²) in [6, 6.07) is 9.36. The maximum Gasteiger partial charge on any atom is 0.190 e. The highest BCUT2D eigenvalue weighted by atomic mass is 16.1. The van der Waals surface area contributed by atoms with Crippen LogP contribution in [0.5, 0.6) is 0 Å². The normalized spacial score (nSPS) is 16.5. The lowest BCUT2D eigenvalue weighted by atomic mass is 9.91. The predicted octanol–water partition coefficient (Wildman–Crippen LogP) is 2.66. The number of carbonyl (C=O) groups excluding carboxylic acids is 1. The second-order valence-corrected chi connectivity index (χ2v) is 3.91. The molecule has 0 radical (unpaired) electrons. The number of hydrogen-bond acceptors (Lipinski definition) is 2. The van der Waals surface area contributed by atoms with E-state index in [4.69, 9.17) is 5.73 Å². The molecule has 1 aliphatic rings. The monoisotopic (exact) mass is 201 g/mol. The third-order valence-corrected chi connectivity index (χ3v) is 2.82. The van der Waals surface area contributed by atoms with Crippen LogP contribution in [-0.2, 0) is 0 Å².